The third-order valence-electron chi connectivity index (χ3n) is 8.80. The maximum Gasteiger partial charge on any atom is 0.268 e. The fourth-order valence-electron chi connectivity index (χ4n) is 6.91. The molecule has 1 aromatic heterocycles. The second-order valence-corrected chi connectivity index (χ2v) is 16.1. The number of benzene rings is 3. The van der Waals surface area contributed by atoms with Gasteiger partial charge in [-0.1, -0.05) is 48.5 Å². The molecule has 11 heteroatoms. The molecule has 0 bridgehead atoms. The van der Waals surface area contributed by atoms with Gasteiger partial charge >= 0.3 is 0 Å². The number of carbonyl (C=O) groups excluding carboxylic acids is 2. The highest BCUT2D eigenvalue weighted by Crippen LogP contribution is 2.61. The Balaban J connectivity index is 1.40. The topological polar surface area (TPSA) is 130 Å². The van der Waals surface area contributed by atoms with E-state index >= 15 is 0 Å². The first-order valence-corrected chi connectivity index (χ1v) is 18.0. The van der Waals surface area contributed by atoms with Gasteiger partial charge in [-0.15, -0.1) is 5.10 Å². The van der Waals surface area contributed by atoms with Gasteiger partial charge < -0.3 is 20.0 Å². The Kier molecular flexibility index (Phi) is 7.97. The maximum atomic E-state index is 14.7. The summed E-state index contributed by atoms with van der Waals surface area (Å²) < 4.78 is 8.65. The summed E-state index contributed by atoms with van der Waals surface area (Å²) in [4.78, 5) is 41.1. The SMILES string of the molecule is C[C@@H]1[C@@H]([Si](C)(C)O)[C@H](CCn2cc(CCO)nn2)O[C@@]12C(=O)N(c1ccccc1)c1ccc(NC(=O)c3ccccc3)cc12. The first kappa shape index (κ1) is 29.9. The fraction of sp³-hybridized carbons (Fsp3) is 0.333. The van der Waals surface area contributed by atoms with Gasteiger partial charge in [-0.3, -0.25) is 19.2 Å². The van der Waals surface area contributed by atoms with E-state index in [1.807, 2.05) is 80.7 Å². The smallest absolute Gasteiger partial charge is 0.268 e. The largest absolute Gasteiger partial charge is 0.432 e. The van der Waals surface area contributed by atoms with Crippen LogP contribution >= 0.6 is 0 Å². The van der Waals surface area contributed by atoms with Crippen molar-refractivity contribution in [3.05, 3.63) is 102 Å². The lowest BCUT2D eigenvalue weighted by Crippen LogP contribution is -2.45. The Bertz CT molecular complexity index is 1660. The highest BCUT2D eigenvalue weighted by atomic mass is 28.4. The summed E-state index contributed by atoms with van der Waals surface area (Å²) in [5, 5.41) is 20.6. The minimum atomic E-state index is -2.87. The lowest BCUT2D eigenvalue weighted by molar-refractivity contribution is -0.145. The van der Waals surface area contributed by atoms with E-state index in [4.69, 9.17) is 4.74 Å². The van der Waals surface area contributed by atoms with Crippen LogP contribution in [-0.2, 0) is 28.1 Å². The Labute approximate surface area is 257 Å². The summed E-state index contributed by atoms with van der Waals surface area (Å²) in [5.74, 6) is -0.827. The van der Waals surface area contributed by atoms with Crippen LogP contribution in [0, 0.1) is 5.92 Å². The van der Waals surface area contributed by atoms with Gasteiger partial charge in [-0.05, 0) is 62.0 Å². The summed E-state index contributed by atoms with van der Waals surface area (Å²) in [6.07, 6.45) is 2.30. The number of ether oxygens (including phenoxy) is 1. The highest BCUT2D eigenvalue weighted by Gasteiger charge is 2.66. The minimum Gasteiger partial charge on any atom is -0.432 e. The Hall–Kier alpha value is -4.16. The maximum absolute atomic E-state index is 14.7. The van der Waals surface area contributed by atoms with E-state index < -0.39 is 20.0 Å². The van der Waals surface area contributed by atoms with Gasteiger partial charge in [-0.2, -0.15) is 0 Å². The van der Waals surface area contributed by atoms with Crippen LogP contribution in [0.1, 0.15) is 35.0 Å². The lowest BCUT2D eigenvalue weighted by atomic mass is 9.82. The molecule has 0 unspecified atom stereocenters. The minimum absolute atomic E-state index is 0.00986. The van der Waals surface area contributed by atoms with Crippen LogP contribution < -0.4 is 10.2 Å². The zero-order valence-electron chi connectivity index (χ0n) is 25.1. The Morgan fingerprint density at radius 2 is 1.77 bits per heavy atom. The molecule has 3 heterocycles. The molecule has 10 nitrogen and oxygen atoms in total. The summed E-state index contributed by atoms with van der Waals surface area (Å²) in [6, 6.07) is 23.9. The predicted molar refractivity (Wildman–Crippen MR) is 169 cm³/mol. The standard InChI is InChI=1S/C33H37N5O5Si/c1-22-30(44(2,3)42)29(16-18-37-21-25(17-19-39)35-36-37)43-33(22)27-20-24(34-31(40)23-10-6-4-7-11-23)14-15-28(27)38(32(33)41)26-12-8-5-9-13-26/h4-15,20-22,29-30,39,42H,16-19H2,1-3H3,(H,34,40)/t22-,29+,30-,33+/m1/s1. The molecular formula is C33H37N5O5Si. The van der Waals surface area contributed by atoms with E-state index in [9.17, 15) is 19.5 Å². The second-order valence-electron chi connectivity index (χ2n) is 12.1. The lowest BCUT2D eigenvalue weighted by Gasteiger charge is -2.32. The van der Waals surface area contributed by atoms with Crippen LogP contribution in [0.3, 0.4) is 0 Å². The van der Waals surface area contributed by atoms with Gasteiger partial charge in [0.1, 0.15) is 0 Å². The molecule has 2 amide bonds. The van der Waals surface area contributed by atoms with Crippen molar-refractivity contribution in [2.45, 2.75) is 56.7 Å². The summed E-state index contributed by atoms with van der Waals surface area (Å²) in [7, 11) is -2.87. The number of nitrogens with zero attached hydrogens (tertiary/aromatic N) is 4. The van der Waals surface area contributed by atoms with Gasteiger partial charge in [0, 0.05) is 59.7 Å². The Morgan fingerprint density at radius 1 is 1.07 bits per heavy atom. The van der Waals surface area contributed by atoms with E-state index in [1.54, 1.807) is 34.0 Å². The summed E-state index contributed by atoms with van der Waals surface area (Å²) in [5.41, 5.74) is 2.21. The van der Waals surface area contributed by atoms with Gasteiger partial charge in [0.15, 0.2) is 13.9 Å². The van der Waals surface area contributed by atoms with Gasteiger partial charge in [0.25, 0.3) is 11.8 Å². The third kappa shape index (κ3) is 5.26. The molecule has 1 spiro atoms. The van der Waals surface area contributed by atoms with Crippen molar-refractivity contribution in [3.63, 3.8) is 0 Å². The number of aromatic nitrogens is 3. The zero-order valence-corrected chi connectivity index (χ0v) is 26.1. The average Bonchev–Trinajstić information content (AvgIpc) is 3.66. The molecule has 3 aromatic carbocycles. The number of nitrogens with one attached hydrogen (secondary N) is 1. The summed E-state index contributed by atoms with van der Waals surface area (Å²) in [6.45, 7) is 6.25. The molecule has 2 aliphatic heterocycles. The van der Waals surface area contributed by atoms with Gasteiger partial charge in [-0.25, -0.2) is 0 Å². The summed E-state index contributed by atoms with van der Waals surface area (Å²) >= 11 is 0. The molecule has 6 rings (SSSR count). The molecule has 0 radical (unpaired) electrons. The molecule has 3 N–H and O–H groups in total. The molecule has 1 fully saturated rings. The van der Waals surface area contributed by atoms with Crippen LogP contribution in [0.5, 0.6) is 0 Å². The molecule has 4 aromatic rings. The number of rotatable bonds is 9. The molecule has 0 saturated carbocycles. The normalized spacial score (nSPS) is 22.9. The van der Waals surface area contributed by atoms with E-state index in [0.717, 1.165) is 0 Å². The van der Waals surface area contributed by atoms with E-state index in [-0.39, 0.29) is 29.9 Å². The van der Waals surface area contributed by atoms with E-state index in [2.05, 4.69) is 15.6 Å². The van der Waals surface area contributed by atoms with Crippen LogP contribution in [0.25, 0.3) is 0 Å². The van der Waals surface area contributed by atoms with Crippen molar-refractivity contribution in [2.75, 3.05) is 16.8 Å². The van der Waals surface area contributed by atoms with Crippen LogP contribution in [0.15, 0.2) is 85.1 Å². The molecule has 1 saturated heterocycles. The number of aliphatic hydroxyl groups is 1. The molecule has 4 atom stereocenters. The fourth-order valence-corrected chi connectivity index (χ4v) is 9.52. The van der Waals surface area contributed by atoms with Crippen molar-refractivity contribution in [1.82, 2.24) is 15.0 Å². The molecule has 0 aliphatic carbocycles. The van der Waals surface area contributed by atoms with Crippen molar-refractivity contribution < 1.29 is 24.2 Å². The molecule has 44 heavy (non-hydrogen) atoms. The van der Waals surface area contributed by atoms with E-state index in [1.165, 1.54) is 0 Å². The van der Waals surface area contributed by atoms with Crippen LogP contribution in [-0.4, -0.2) is 57.7 Å². The first-order chi connectivity index (χ1) is 21.1. The quantitative estimate of drug-likeness (QED) is 0.235. The number of amides is 2. The number of aryl methyl sites for hydroxylation is 1. The van der Waals surface area contributed by atoms with Gasteiger partial charge in [0.05, 0.1) is 17.5 Å². The number of aliphatic hydroxyl groups excluding tert-OH is 1. The van der Waals surface area contributed by atoms with Crippen LogP contribution in [0.2, 0.25) is 18.6 Å². The number of carbonyl (C=O) groups is 2. The van der Waals surface area contributed by atoms with E-state index in [0.29, 0.717) is 53.3 Å². The van der Waals surface area contributed by atoms with Gasteiger partial charge in [0.2, 0.25) is 0 Å². The van der Waals surface area contributed by atoms with Crippen molar-refractivity contribution in [3.8, 4) is 0 Å². The molecule has 2 aliphatic rings. The zero-order chi connectivity index (χ0) is 31.1. The van der Waals surface area contributed by atoms with Crippen molar-refractivity contribution >= 4 is 37.2 Å². The molecule has 228 valence electrons. The second kappa shape index (κ2) is 11.7. The Morgan fingerprint density at radius 3 is 2.45 bits per heavy atom. The number of hydrogen-bond acceptors (Lipinski definition) is 7. The van der Waals surface area contributed by atoms with Crippen molar-refractivity contribution in [2.24, 2.45) is 5.92 Å². The number of hydrogen-bond donors (Lipinski definition) is 3. The predicted octanol–water partition coefficient (Wildman–Crippen LogP) is 4.63. The number of para-hydroxylation sites is 1. The first-order valence-electron chi connectivity index (χ1n) is 14.9. The molecular weight excluding hydrogens is 574 g/mol. The average molecular weight is 612 g/mol. The number of fused-ring (bicyclic) bond motifs is 2. The van der Waals surface area contributed by atoms with Crippen molar-refractivity contribution in [1.29, 1.82) is 0 Å². The third-order valence-corrected chi connectivity index (χ3v) is 11.3. The highest BCUT2D eigenvalue weighted by molar-refractivity contribution is 6.71. The number of anilines is 3. The monoisotopic (exact) mass is 611 g/mol. The van der Waals surface area contributed by atoms with Crippen LogP contribution in [0.4, 0.5) is 17.1 Å².